The summed E-state index contributed by atoms with van der Waals surface area (Å²) in [6.45, 7) is 5.12. The van der Waals surface area contributed by atoms with Crippen LogP contribution < -0.4 is 10.2 Å². The van der Waals surface area contributed by atoms with Crippen LogP contribution in [0.4, 0.5) is 17.3 Å². The Labute approximate surface area is 119 Å². The van der Waals surface area contributed by atoms with Crippen molar-refractivity contribution < 1.29 is 9.66 Å². The molecule has 1 aromatic heterocycles. The Hall–Kier alpha value is -1.89. The summed E-state index contributed by atoms with van der Waals surface area (Å²) >= 11 is 0. The first kappa shape index (κ1) is 16.2. The van der Waals surface area contributed by atoms with Crippen LogP contribution in [0.2, 0.25) is 0 Å². The van der Waals surface area contributed by atoms with Gasteiger partial charge in [0, 0.05) is 32.8 Å². The number of hydrogen-bond acceptors (Lipinski definition) is 6. The summed E-state index contributed by atoms with van der Waals surface area (Å²) in [5, 5.41) is 14.1. The molecule has 0 saturated heterocycles. The minimum atomic E-state index is -0.399. The summed E-state index contributed by atoms with van der Waals surface area (Å²) in [4.78, 5) is 17.1. The van der Waals surface area contributed by atoms with Crippen LogP contribution in [0.1, 0.15) is 20.3 Å². The minimum absolute atomic E-state index is 0.0143. The largest absolute Gasteiger partial charge is 0.383 e. The van der Waals surface area contributed by atoms with Crippen LogP contribution >= 0.6 is 0 Å². The fraction of sp³-hybridized carbons (Fsp3) is 0.615. The maximum atomic E-state index is 11.2. The lowest BCUT2D eigenvalue weighted by molar-refractivity contribution is -0.384. The standard InChI is InChI=1S/C13H22N4O3/c1-5-10(2)16(8-9-20-4)13-11(17(18)19)6-7-12(14-3)15-13/h6-7,10H,5,8-9H2,1-4H3,(H,14,15). The van der Waals surface area contributed by atoms with E-state index in [4.69, 9.17) is 4.74 Å². The Morgan fingerprint density at radius 3 is 2.75 bits per heavy atom. The topological polar surface area (TPSA) is 80.5 Å². The minimum Gasteiger partial charge on any atom is -0.383 e. The number of rotatable bonds is 8. The highest BCUT2D eigenvalue weighted by Gasteiger charge is 2.24. The first-order valence-corrected chi connectivity index (χ1v) is 6.63. The third-order valence-electron chi connectivity index (χ3n) is 3.24. The average molecular weight is 282 g/mol. The number of ether oxygens (including phenoxy) is 1. The molecule has 0 aliphatic carbocycles. The van der Waals surface area contributed by atoms with E-state index in [0.29, 0.717) is 24.8 Å². The van der Waals surface area contributed by atoms with Gasteiger partial charge in [-0.3, -0.25) is 10.1 Å². The molecule has 7 nitrogen and oxygen atoms in total. The molecule has 7 heteroatoms. The molecule has 112 valence electrons. The molecule has 1 rings (SSSR count). The van der Waals surface area contributed by atoms with Gasteiger partial charge in [0.25, 0.3) is 0 Å². The highest BCUT2D eigenvalue weighted by molar-refractivity contribution is 5.62. The lowest BCUT2D eigenvalue weighted by Gasteiger charge is -2.29. The van der Waals surface area contributed by atoms with E-state index in [1.54, 1.807) is 20.2 Å². The summed E-state index contributed by atoms with van der Waals surface area (Å²) in [5.41, 5.74) is 0.0143. The quantitative estimate of drug-likeness (QED) is 0.582. The molecule has 0 bridgehead atoms. The molecule has 0 aliphatic heterocycles. The van der Waals surface area contributed by atoms with Crippen molar-refractivity contribution in [2.45, 2.75) is 26.3 Å². The fourth-order valence-corrected chi connectivity index (χ4v) is 1.88. The molecular weight excluding hydrogens is 260 g/mol. The maximum Gasteiger partial charge on any atom is 0.311 e. The van der Waals surface area contributed by atoms with Gasteiger partial charge in [-0.25, -0.2) is 4.98 Å². The summed E-state index contributed by atoms with van der Waals surface area (Å²) in [6.07, 6.45) is 0.867. The zero-order valence-corrected chi connectivity index (χ0v) is 12.4. The van der Waals surface area contributed by atoms with Gasteiger partial charge in [-0.15, -0.1) is 0 Å². The normalized spacial score (nSPS) is 12.0. The van der Waals surface area contributed by atoms with Crippen molar-refractivity contribution in [1.29, 1.82) is 0 Å². The van der Waals surface area contributed by atoms with Crippen LogP contribution in [0, 0.1) is 10.1 Å². The van der Waals surface area contributed by atoms with E-state index in [0.717, 1.165) is 6.42 Å². The first-order valence-electron chi connectivity index (χ1n) is 6.63. The van der Waals surface area contributed by atoms with Crippen molar-refractivity contribution >= 4 is 17.3 Å². The van der Waals surface area contributed by atoms with Gasteiger partial charge in [-0.05, 0) is 19.4 Å². The molecule has 1 N–H and O–H groups in total. The molecule has 0 fully saturated rings. The van der Waals surface area contributed by atoms with Gasteiger partial charge in [0.2, 0.25) is 5.82 Å². The monoisotopic (exact) mass is 282 g/mol. The van der Waals surface area contributed by atoms with Gasteiger partial charge >= 0.3 is 5.69 Å². The SMILES string of the molecule is CCC(C)N(CCOC)c1nc(NC)ccc1[N+](=O)[O-]. The predicted molar refractivity (Wildman–Crippen MR) is 79.4 cm³/mol. The number of aromatic nitrogens is 1. The van der Waals surface area contributed by atoms with Crippen molar-refractivity contribution in [2.24, 2.45) is 0 Å². The van der Waals surface area contributed by atoms with Crippen molar-refractivity contribution in [3.05, 3.63) is 22.2 Å². The van der Waals surface area contributed by atoms with E-state index in [1.807, 2.05) is 18.7 Å². The molecule has 1 unspecified atom stereocenters. The fourth-order valence-electron chi connectivity index (χ4n) is 1.88. The van der Waals surface area contributed by atoms with Gasteiger partial charge in [-0.1, -0.05) is 6.92 Å². The molecule has 0 radical (unpaired) electrons. The molecule has 0 saturated carbocycles. The van der Waals surface area contributed by atoms with Gasteiger partial charge < -0.3 is 15.0 Å². The predicted octanol–water partition coefficient (Wildman–Crippen LogP) is 2.28. The third kappa shape index (κ3) is 3.80. The lowest BCUT2D eigenvalue weighted by atomic mass is 10.2. The molecular formula is C13H22N4O3. The molecule has 0 aromatic carbocycles. The molecule has 0 aliphatic rings. The molecule has 20 heavy (non-hydrogen) atoms. The van der Waals surface area contributed by atoms with Gasteiger partial charge in [0.1, 0.15) is 5.82 Å². The molecule has 0 amide bonds. The number of pyridine rings is 1. The van der Waals surface area contributed by atoms with E-state index < -0.39 is 4.92 Å². The van der Waals surface area contributed by atoms with Crippen LogP contribution in [0.25, 0.3) is 0 Å². The zero-order chi connectivity index (χ0) is 15.1. The average Bonchev–Trinajstić information content (AvgIpc) is 2.46. The summed E-state index contributed by atoms with van der Waals surface area (Å²) < 4.78 is 5.09. The molecule has 0 spiro atoms. The molecule has 1 atom stereocenters. The van der Waals surface area contributed by atoms with Crippen molar-refractivity contribution in [1.82, 2.24) is 4.98 Å². The number of nitrogens with one attached hydrogen (secondary N) is 1. The van der Waals surface area contributed by atoms with Gasteiger partial charge in [0.05, 0.1) is 11.5 Å². The van der Waals surface area contributed by atoms with Crippen LogP contribution in [-0.4, -0.2) is 43.3 Å². The van der Waals surface area contributed by atoms with Crippen molar-refractivity contribution in [2.75, 3.05) is 37.5 Å². The van der Waals surface area contributed by atoms with Crippen LogP contribution in [0.15, 0.2) is 12.1 Å². The number of hydrogen-bond donors (Lipinski definition) is 1. The van der Waals surface area contributed by atoms with E-state index in [-0.39, 0.29) is 11.7 Å². The van der Waals surface area contributed by atoms with Crippen LogP contribution in [0.3, 0.4) is 0 Å². The summed E-state index contributed by atoms with van der Waals surface area (Å²) in [5.74, 6) is 0.990. The van der Waals surface area contributed by atoms with E-state index >= 15 is 0 Å². The second-order valence-electron chi connectivity index (χ2n) is 4.49. The second kappa shape index (κ2) is 7.64. The van der Waals surface area contributed by atoms with E-state index in [2.05, 4.69) is 10.3 Å². The highest BCUT2D eigenvalue weighted by Crippen LogP contribution is 2.29. The number of methoxy groups -OCH3 is 1. The Balaban J connectivity index is 3.23. The van der Waals surface area contributed by atoms with E-state index in [9.17, 15) is 10.1 Å². The zero-order valence-electron chi connectivity index (χ0n) is 12.4. The Kier molecular flexibility index (Phi) is 6.17. The Morgan fingerprint density at radius 1 is 1.55 bits per heavy atom. The van der Waals surface area contributed by atoms with Gasteiger partial charge in [0.15, 0.2) is 0 Å². The number of anilines is 2. The maximum absolute atomic E-state index is 11.2. The van der Waals surface area contributed by atoms with Gasteiger partial charge in [-0.2, -0.15) is 0 Å². The summed E-state index contributed by atoms with van der Waals surface area (Å²) in [6, 6.07) is 3.23. The lowest BCUT2D eigenvalue weighted by Crippen LogP contribution is -2.36. The number of nitrogens with zero attached hydrogens (tertiary/aromatic N) is 3. The Bertz CT molecular complexity index is 453. The molecule has 1 aromatic rings. The Morgan fingerprint density at radius 2 is 2.25 bits per heavy atom. The van der Waals surface area contributed by atoms with Crippen molar-refractivity contribution in [3.8, 4) is 0 Å². The second-order valence-corrected chi connectivity index (χ2v) is 4.49. The van der Waals surface area contributed by atoms with Crippen LogP contribution in [-0.2, 0) is 4.74 Å². The van der Waals surface area contributed by atoms with Crippen molar-refractivity contribution in [3.63, 3.8) is 0 Å². The van der Waals surface area contributed by atoms with E-state index in [1.165, 1.54) is 6.07 Å². The molecule has 1 heterocycles. The first-order chi connectivity index (χ1) is 9.54. The third-order valence-corrected chi connectivity index (χ3v) is 3.24. The van der Waals surface area contributed by atoms with Crippen LogP contribution in [0.5, 0.6) is 0 Å². The highest BCUT2D eigenvalue weighted by atomic mass is 16.6. The smallest absolute Gasteiger partial charge is 0.311 e. The number of nitro groups is 1. The summed E-state index contributed by atoms with van der Waals surface area (Å²) in [7, 11) is 3.35.